The van der Waals surface area contributed by atoms with Crippen LogP contribution in [-0.4, -0.2) is 168 Å². The first-order chi connectivity index (χ1) is 42.2. The number of primary amides is 1. The van der Waals surface area contributed by atoms with Gasteiger partial charge in [-0.25, -0.2) is 23.2 Å². The van der Waals surface area contributed by atoms with E-state index in [0.717, 1.165) is 18.2 Å². The molecule has 9 N–H and O–H groups in total. The molecule has 2 saturated heterocycles. The van der Waals surface area contributed by atoms with Crippen molar-refractivity contribution in [3.8, 4) is 5.75 Å². The highest BCUT2D eigenvalue weighted by molar-refractivity contribution is 9.09. The lowest BCUT2D eigenvalue weighted by atomic mass is 9.91. The number of fused-ring (bicyclic) bond motifs is 5. The van der Waals surface area contributed by atoms with Gasteiger partial charge in [-0.05, 0) is 103 Å². The average Bonchev–Trinajstić information content (AvgIpc) is 1.62. The van der Waals surface area contributed by atoms with Crippen LogP contribution in [0.25, 0.3) is 0 Å². The topological polar surface area (TPSA) is 336 Å². The number of unbranched alkanes of at least 4 members (excludes halogenated alkanes) is 1. The summed E-state index contributed by atoms with van der Waals surface area (Å²) >= 11 is 13.1. The molecule has 0 aliphatic carbocycles. The zero-order valence-electron chi connectivity index (χ0n) is 52.8. The normalized spacial score (nSPS) is 21.4. The zero-order chi connectivity index (χ0) is 67.8. The number of hydrogen-bond donors (Lipinski definition) is 8. The van der Waals surface area contributed by atoms with Gasteiger partial charge in [0, 0.05) is 70.2 Å². The van der Waals surface area contributed by atoms with Gasteiger partial charge in [-0.15, -0.1) is 0 Å². The van der Waals surface area contributed by atoms with Crippen molar-refractivity contribution in [3.63, 3.8) is 0 Å². The number of benzene rings is 2. The number of carbonyl (C=O) groups excluding carboxylic acids is 8. The predicted molar refractivity (Wildman–Crippen MR) is 341 cm³/mol. The van der Waals surface area contributed by atoms with E-state index >= 15 is 0 Å². The van der Waals surface area contributed by atoms with Gasteiger partial charge in [0.15, 0.2) is 5.72 Å². The Labute approximate surface area is 546 Å². The third-order valence-electron chi connectivity index (χ3n) is 14.8. The van der Waals surface area contributed by atoms with Gasteiger partial charge in [-0.1, -0.05) is 87.5 Å². The number of likely N-dealkylation sites (N-methyl/N-ethyl adjacent to an activating group) is 1. The molecule has 0 radical (unpaired) electrons. The fraction of sp³-hybridized carbons (Fsp3) is 0.590. The van der Waals surface area contributed by atoms with Gasteiger partial charge in [0.2, 0.25) is 23.6 Å². The molecule has 502 valence electrons. The molecule has 8 amide bonds. The van der Waals surface area contributed by atoms with E-state index in [1.807, 2.05) is 32.1 Å². The molecule has 3 heterocycles. The number of nitrogens with one attached hydrogen (secondary N) is 5. The number of anilines is 2. The maximum Gasteiger partial charge on any atom is 0.409 e. The number of hydrogen-bond acceptors (Lipinski definition) is 15. The Balaban J connectivity index is 0.000000466. The standard InChI is InChI=1S/C31H44Br2F2N6O9.C27H35ClN2O7.C3H8/c1-17(28(46)47)41(4)27(45)19-12-21(35)23(13-20(19)34)40-26(44)22(8-7-11-37-30(36)49)39-25(43)16-38-24(42)9-5-6-10-31(2,3)50-29(48)18(14-32)15-33;1-16-7-6-8-21(35-5)27(33)15-18(36-25(32)29-27)14-22-26(2,37-22)10-9-23(31)30(3)19-12-17(11-16)13-20(34-4)24(19)28;1-3-2/h12-13,17-18,22H,5-11,14-16H2,1-4H3,(H,38,42)(H,39,43)(H,40,44)(H,46,47)(H3,36,37,49);6-8,12-13,18,21-22,33H,9-11,14-15H2,1-5H3,(H,29,32);3H2,1-2H3/b;8-6+,16-7+;/t17-,22?;18?,21-,22+,26+,27+;/m01./s1. The first-order valence-corrected chi connectivity index (χ1v) is 32.0. The number of carbonyl (C=O) groups is 9. The van der Waals surface area contributed by atoms with Crippen LogP contribution in [0.2, 0.25) is 5.02 Å². The number of amides is 8. The fourth-order valence-corrected chi connectivity index (χ4v) is 11.3. The maximum atomic E-state index is 14.9. The molecule has 3 aliphatic rings. The number of ether oxygens (including phenoxy) is 5. The SMILES string of the molecule is CCC.COc1cc2cc(c1Cl)N(C)C(=O)CC[C@]1(C)O[C@H]1CC1C[C@@](O)(NC(=O)O1)[C@H](OC)/C=C/C=C(\C)C2.C[C@@H](C(=O)O)N(C)C(=O)c1cc(F)c(NC(=O)C(CCCNC(N)=O)NC(=O)CNC(=O)CCCCC(C)(C)OC(=O)C(CBr)CBr)cc1F. The summed E-state index contributed by atoms with van der Waals surface area (Å²) in [5.74, 6) is -7.41. The quantitative estimate of drug-likeness (QED) is 0.0225. The molecule has 7 atom stereocenters. The van der Waals surface area contributed by atoms with Gasteiger partial charge in [0.05, 0.1) is 48.2 Å². The Bertz CT molecular complexity index is 2920. The van der Waals surface area contributed by atoms with Crippen LogP contribution in [0.3, 0.4) is 0 Å². The highest BCUT2D eigenvalue weighted by Crippen LogP contribution is 2.45. The molecule has 2 unspecified atom stereocenters. The van der Waals surface area contributed by atoms with Crippen LogP contribution >= 0.6 is 43.5 Å². The van der Waals surface area contributed by atoms with Crippen LogP contribution in [0.4, 0.5) is 29.7 Å². The van der Waals surface area contributed by atoms with Crippen LogP contribution < -0.4 is 42.0 Å². The van der Waals surface area contributed by atoms with E-state index in [1.54, 1.807) is 45.1 Å². The highest BCUT2D eigenvalue weighted by Gasteiger charge is 2.55. The Kier molecular flexibility index (Phi) is 31.6. The van der Waals surface area contributed by atoms with Crippen molar-refractivity contribution < 1.29 is 85.8 Å². The molecule has 5 rings (SSSR count). The Morgan fingerprint density at radius 2 is 1.68 bits per heavy atom. The minimum atomic E-state index is -1.64. The van der Waals surface area contributed by atoms with Gasteiger partial charge in [-0.2, -0.15) is 0 Å². The third-order valence-corrected chi connectivity index (χ3v) is 16.7. The van der Waals surface area contributed by atoms with E-state index in [4.69, 9.17) is 46.1 Å². The fourth-order valence-electron chi connectivity index (χ4n) is 9.36. The molecule has 2 fully saturated rings. The zero-order valence-corrected chi connectivity index (χ0v) is 56.7. The lowest BCUT2D eigenvalue weighted by Crippen LogP contribution is -2.62. The molecule has 2 aromatic carbocycles. The maximum absolute atomic E-state index is 14.9. The summed E-state index contributed by atoms with van der Waals surface area (Å²) in [5.41, 5.74) is 3.22. The summed E-state index contributed by atoms with van der Waals surface area (Å²) in [6, 6.07) is 1.31. The average molecular weight is 1420 g/mol. The molecule has 3 aliphatic heterocycles. The van der Waals surface area contributed by atoms with Gasteiger partial charge in [0.1, 0.15) is 52.3 Å². The number of nitrogens with zero attached hydrogens (tertiary/aromatic N) is 2. The Morgan fingerprint density at radius 3 is 2.29 bits per heavy atom. The van der Waals surface area contributed by atoms with E-state index in [9.17, 15) is 57.0 Å². The van der Waals surface area contributed by atoms with Crippen molar-refractivity contribution in [2.45, 2.75) is 173 Å². The molecule has 0 saturated carbocycles. The van der Waals surface area contributed by atoms with Crippen molar-refractivity contribution >= 4 is 108 Å². The molecular weight excluding hydrogens is 1330 g/mol. The number of urea groups is 1. The van der Waals surface area contributed by atoms with Crippen molar-refractivity contribution in [1.82, 2.24) is 26.2 Å². The molecule has 90 heavy (non-hydrogen) atoms. The van der Waals surface area contributed by atoms with Gasteiger partial charge < -0.3 is 70.7 Å². The number of carboxylic acid groups (broad SMARTS) is 1. The Hall–Kier alpha value is -6.46. The lowest BCUT2D eigenvalue weighted by molar-refractivity contribution is -0.160. The smallest absolute Gasteiger partial charge is 0.409 e. The number of methoxy groups -OCH3 is 2. The number of allylic oxidation sites excluding steroid dienone is 3. The third kappa shape index (κ3) is 24.3. The number of esters is 1. The first kappa shape index (κ1) is 77.8. The second-order valence-corrected chi connectivity index (χ2v) is 24.6. The summed E-state index contributed by atoms with van der Waals surface area (Å²) < 4.78 is 57.8. The Morgan fingerprint density at radius 1 is 1.01 bits per heavy atom. The number of alkyl halides is 2. The summed E-state index contributed by atoms with van der Waals surface area (Å²) in [7, 11) is 5.83. The molecule has 0 spiro atoms. The monoisotopic (exact) mass is 1420 g/mol. The van der Waals surface area contributed by atoms with Crippen LogP contribution in [0.15, 0.2) is 48.1 Å². The molecule has 4 bridgehead atoms. The van der Waals surface area contributed by atoms with Crippen LogP contribution in [-0.2, 0) is 54.1 Å². The van der Waals surface area contributed by atoms with Crippen LogP contribution in [0.1, 0.15) is 135 Å². The number of halogens is 5. The summed E-state index contributed by atoms with van der Waals surface area (Å²) in [6.45, 7) is 12.4. The van der Waals surface area contributed by atoms with E-state index in [-0.39, 0.29) is 62.5 Å². The molecule has 24 nitrogen and oxygen atoms in total. The second-order valence-electron chi connectivity index (χ2n) is 22.9. The van der Waals surface area contributed by atoms with Crippen LogP contribution in [0.5, 0.6) is 5.75 Å². The van der Waals surface area contributed by atoms with Crippen molar-refractivity contribution in [2.24, 2.45) is 11.7 Å². The molecule has 0 aromatic heterocycles. The minimum absolute atomic E-state index is 0.0252. The van der Waals surface area contributed by atoms with Crippen LogP contribution in [0, 0.1) is 17.6 Å². The number of alkyl carbamates (subject to hydrolysis) is 1. The van der Waals surface area contributed by atoms with E-state index in [1.165, 1.54) is 20.5 Å². The number of aliphatic hydroxyl groups is 1. The van der Waals surface area contributed by atoms with Gasteiger partial charge >= 0.3 is 24.1 Å². The minimum Gasteiger partial charge on any atom is -0.495 e. The van der Waals surface area contributed by atoms with E-state index < -0.39 is 112 Å². The number of epoxide rings is 1. The second kappa shape index (κ2) is 36.5. The van der Waals surface area contributed by atoms with Crippen molar-refractivity contribution in [2.75, 3.05) is 62.3 Å². The largest absolute Gasteiger partial charge is 0.495 e. The lowest BCUT2D eigenvalue weighted by Gasteiger charge is -2.40. The number of nitrogens with two attached hydrogens (primary N) is 1. The molecule has 2 aromatic rings. The van der Waals surface area contributed by atoms with E-state index in [2.05, 4.69) is 72.3 Å². The highest BCUT2D eigenvalue weighted by atomic mass is 79.9. The number of aliphatic carboxylic acids is 1. The summed E-state index contributed by atoms with van der Waals surface area (Å²) in [6.07, 6.45) is 7.82. The number of rotatable bonds is 23. The van der Waals surface area contributed by atoms with E-state index in [0.29, 0.717) is 82.7 Å². The van der Waals surface area contributed by atoms with Gasteiger partial charge in [-0.3, -0.25) is 34.1 Å². The van der Waals surface area contributed by atoms with Crippen molar-refractivity contribution in [3.05, 3.63) is 75.9 Å². The molecule has 29 heteroatoms. The number of carboxylic acids is 1. The van der Waals surface area contributed by atoms with Gasteiger partial charge in [0.25, 0.3) is 5.91 Å². The van der Waals surface area contributed by atoms with Crippen molar-refractivity contribution in [1.29, 1.82) is 0 Å². The first-order valence-electron chi connectivity index (χ1n) is 29.3. The summed E-state index contributed by atoms with van der Waals surface area (Å²) in [5, 5.41) is 33.5. The molecular formula is C61H87Br2ClF2N8O16. The predicted octanol–water partition coefficient (Wildman–Crippen LogP) is 8.10. The summed E-state index contributed by atoms with van der Waals surface area (Å²) in [4.78, 5) is 113.